The summed E-state index contributed by atoms with van der Waals surface area (Å²) in [5, 5.41) is 0.741. The zero-order chi connectivity index (χ0) is 13.1. The third-order valence-electron chi connectivity index (χ3n) is 3.22. The molecule has 5 nitrogen and oxygen atoms in total. The quantitative estimate of drug-likeness (QED) is 0.609. The Kier molecular flexibility index (Phi) is 4.06. The molecule has 0 spiro atoms. The predicted molar refractivity (Wildman–Crippen MR) is 72.9 cm³/mol. The normalized spacial score (nSPS) is 20.4. The summed E-state index contributed by atoms with van der Waals surface area (Å²) in [6, 6.07) is 1.72. The van der Waals surface area contributed by atoms with E-state index in [4.69, 9.17) is 0 Å². The fourth-order valence-electron chi connectivity index (χ4n) is 2.15. The molecular weight excluding hydrogens is 248 g/mol. The van der Waals surface area contributed by atoms with Gasteiger partial charge in [0.1, 0.15) is 11.9 Å². The van der Waals surface area contributed by atoms with E-state index < -0.39 is 0 Å². The molecule has 1 amide bonds. The van der Waals surface area contributed by atoms with E-state index in [1.54, 1.807) is 6.20 Å². The Morgan fingerprint density at radius 2 is 2.28 bits per heavy atom. The molecule has 18 heavy (non-hydrogen) atoms. The van der Waals surface area contributed by atoms with Crippen LogP contribution in [0.3, 0.4) is 0 Å². The van der Waals surface area contributed by atoms with Crippen LogP contribution in [-0.2, 0) is 4.79 Å². The van der Waals surface area contributed by atoms with Gasteiger partial charge in [0.05, 0.1) is 0 Å². The molecular formula is C12H18N4OS. The van der Waals surface area contributed by atoms with Crippen LogP contribution in [0.5, 0.6) is 0 Å². The molecule has 1 atom stereocenters. The smallest absolute Gasteiger partial charge is 0.245 e. The average molecular weight is 266 g/mol. The molecule has 1 aromatic heterocycles. The maximum Gasteiger partial charge on any atom is 0.245 e. The van der Waals surface area contributed by atoms with Crippen molar-refractivity contribution in [3.8, 4) is 0 Å². The zero-order valence-corrected chi connectivity index (χ0v) is 11.8. The summed E-state index contributed by atoms with van der Waals surface area (Å²) in [6.07, 6.45) is 3.69. The molecule has 0 aliphatic carbocycles. The lowest BCUT2D eigenvalue weighted by Gasteiger charge is -2.39. The van der Waals surface area contributed by atoms with Gasteiger partial charge in [-0.1, -0.05) is 11.8 Å². The van der Waals surface area contributed by atoms with Crippen LogP contribution in [0.4, 0.5) is 5.82 Å². The number of likely N-dealkylation sites (N-methyl/N-ethyl adjacent to an activating group) is 1. The first kappa shape index (κ1) is 13.1. The molecule has 2 heterocycles. The Labute approximate surface area is 112 Å². The molecule has 0 saturated carbocycles. The Bertz CT molecular complexity index is 440. The van der Waals surface area contributed by atoms with E-state index in [-0.39, 0.29) is 11.9 Å². The summed E-state index contributed by atoms with van der Waals surface area (Å²) in [6.45, 7) is 6.31. The number of amides is 1. The first-order valence-corrected chi connectivity index (χ1v) is 7.32. The minimum Gasteiger partial charge on any atom is -0.343 e. The number of thioether (sulfide) groups is 1. The topological polar surface area (TPSA) is 49.3 Å². The van der Waals surface area contributed by atoms with Crippen molar-refractivity contribution in [3.05, 3.63) is 12.3 Å². The monoisotopic (exact) mass is 266 g/mol. The highest BCUT2D eigenvalue weighted by atomic mass is 32.2. The maximum absolute atomic E-state index is 12.1. The second kappa shape index (κ2) is 5.56. The van der Waals surface area contributed by atoms with Crippen molar-refractivity contribution in [1.29, 1.82) is 0 Å². The number of nitrogens with zero attached hydrogens (tertiary/aromatic N) is 4. The molecule has 1 aliphatic heterocycles. The number of anilines is 1. The predicted octanol–water partition coefficient (Wildman–Crippen LogP) is 1.26. The summed E-state index contributed by atoms with van der Waals surface area (Å²) in [7, 11) is 0. The van der Waals surface area contributed by atoms with Crippen molar-refractivity contribution >= 4 is 23.5 Å². The van der Waals surface area contributed by atoms with Crippen LogP contribution in [0.15, 0.2) is 17.4 Å². The van der Waals surface area contributed by atoms with E-state index in [0.717, 1.165) is 30.6 Å². The van der Waals surface area contributed by atoms with E-state index in [1.165, 1.54) is 11.8 Å². The molecule has 1 fully saturated rings. The lowest BCUT2D eigenvalue weighted by atomic mass is 10.2. The maximum atomic E-state index is 12.1. The molecule has 0 aromatic carbocycles. The molecule has 1 aromatic rings. The number of aromatic nitrogens is 2. The van der Waals surface area contributed by atoms with Gasteiger partial charge in [-0.25, -0.2) is 9.97 Å². The van der Waals surface area contributed by atoms with Gasteiger partial charge in [0, 0.05) is 25.8 Å². The molecule has 98 valence electrons. The van der Waals surface area contributed by atoms with Crippen LogP contribution in [0.1, 0.15) is 13.8 Å². The largest absolute Gasteiger partial charge is 0.343 e. The summed E-state index contributed by atoms with van der Waals surface area (Å²) in [5.41, 5.74) is 0. The summed E-state index contributed by atoms with van der Waals surface area (Å²) in [5.74, 6) is 1.01. The zero-order valence-electron chi connectivity index (χ0n) is 11.0. The van der Waals surface area contributed by atoms with Crippen LogP contribution < -0.4 is 4.90 Å². The van der Waals surface area contributed by atoms with Gasteiger partial charge in [-0.15, -0.1) is 0 Å². The molecule has 0 N–H and O–H groups in total. The molecule has 1 aliphatic rings. The summed E-state index contributed by atoms with van der Waals surface area (Å²) < 4.78 is 0. The van der Waals surface area contributed by atoms with E-state index in [2.05, 4.69) is 14.9 Å². The van der Waals surface area contributed by atoms with Crippen LogP contribution >= 0.6 is 11.8 Å². The first-order chi connectivity index (χ1) is 8.67. The van der Waals surface area contributed by atoms with Crippen LogP contribution in [0.2, 0.25) is 0 Å². The van der Waals surface area contributed by atoms with Crippen molar-refractivity contribution in [2.24, 2.45) is 0 Å². The van der Waals surface area contributed by atoms with Crippen LogP contribution in [0.25, 0.3) is 0 Å². The van der Waals surface area contributed by atoms with Gasteiger partial charge >= 0.3 is 0 Å². The molecule has 0 radical (unpaired) electrons. The van der Waals surface area contributed by atoms with E-state index in [9.17, 15) is 4.79 Å². The lowest BCUT2D eigenvalue weighted by molar-refractivity contribution is -0.133. The highest BCUT2D eigenvalue weighted by molar-refractivity contribution is 7.98. The van der Waals surface area contributed by atoms with Gasteiger partial charge in [0.2, 0.25) is 5.91 Å². The highest BCUT2D eigenvalue weighted by Gasteiger charge is 2.31. The Balaban J connectivity index is 2.21. The molecule has 1 saturated heterocycles. The molecule has 2 rings (SSSR count). The Morgan fingerprint density at radius 1 is 1.50 bits per heavy atom. The fraction of sp³-hybridized carbons (Fsp3) is 0.583. The van der Waals surface area contributed by atoms with Gasteiger partial charge in [0.25, 0.3) is 0 Å². The van der Waals surface area contributed by atoms with Crippen LogP contribution in [0, 0.1) is 0 Å². The van der Waals surface area contributed by atoms with E-state index >= 15 is 0 Å². The van der Waals surface area contributed by atoms with Crippen molar-refractivity contribution in [1.82, 2.24) is 14.9 Å². The highest BCUT2D eigenvalue weighted by Crippen LogP contribution is 2.20. The first-order valence-electron chi connectivity index (χ1n) is 6.09. The second-order valence-corrected chi connectivity index (χ2v) is 4.96. The van der Waals surface area contributed by atoms with Crippen molar-refractivity contribution in [2.75, 3.05) is 30.8 Å². The average Bonchev–Trinajstić information content (AvgIpc) is 2.42. The number of hydrogen-bond donors (Lipinski definition) is 0. The number of hydrogen-bond acceptors (Lipinski definition) is 5. The Hall–Kier alpha value is -1.30. The number of carbonyl (C=O) groups excluding carboxylic acids is 1. The SMILES string of the molecule is CCN1CCN(c2ccnc(SC)n2)[C@H](C)C1=O. The lowest BCUT2D eigenvalue weighted by Crippen LogP contribution is -2.56. The number of rotatable bonds is 3. The summed E-state index contributed by atoms with van der Waals surface area (Å²) >= 11 is 1.51. The third kappa shape index (κ3) is 2.43. The summed E-state index contributed by atoms with van der Waals surface area (Å²) in [4.78, 5) is 24.7. The molecule has 0 unspecified atom stereocenters. The van der Waals surface area contributed by atoms with Gasteiger partial charge in [-0.3, -0.25) is 4.79 Å². The minimum absolute atomic E-state index is 0.150. The van der Waals surface area contributed by atoms with E-state index in [1.807, 2.05) is 31.1 Å². The van der Waals surface area contributed by atoms with Gasteiger partial charge in [-0.05, 0) is 26.2 Å². The standard InChI is InChI=1S/C12H18N4OS/c1-4-15-7-8-16(9(2)11(15)17)10-5-6-13-12(14-10)18-3/h5-6,9H,4,7-8H2,1-3H3/t9-/m1/s1. The van der Waals surface area contributed by atoms with Gasteiger partial charge in [0.15, 0.2) is 5.16 Å². The van der Waals surface area contributed by atoms with Crippen molar-refractivity contribution in [3.63, 3.8) is 0 Å². The van der Waals surface area contributed by atoms with E-state index in [0.29, 0.717) is 0 Å². The Morgan fingerprint density at radius 3 is 2.94 bits per heavy atom. The third-order valence-corrected chi connectivity index (χ3v) is 3.79. The number of carbonyl (C=O) groups is 1. The fourth-order valence-corrected chi connectivity index (χ4v) is 2.50. The second-order valence-electron chi connectivity index (χ2n) is 4.19. The van der Waals surface area contributed by atoms with Crippen molar-refractivity contribution in [2.45, 2.75) is 25.0 Å². The van der Waals surface area contributed by atoms with Crippen molar-refractivity contribution < 1.29 is 4.79 Å². The van der Waals surface area contributed by atoms with Crippen LogP contribution in [-0.4, -0.2) is 52.7 Å². The molecule has 6 heteroatoms. The molecule has 0 bridgehead atoms. The van der Waals surface area contributed by atoms with Gasteiger partial charge in [-0.2, -0.15) is 0 Å². The number of piperazine rings is 1. The van der Waals surface area contributed by atoms with Gasteiger partial charge < -0.3 is 9.80 Å². The minimum atomic E-state index is -0.150.